The number of amides is 1. The van der Waals surface area contributed by atoms with Crippen LogP contribution in [0.5, 0.6) is 5.75 Å². The topological polar surface area (TPSA) is 63.7 Å². The van der Waals surface area contributed by atoms with Gasteiger partial charge in [0.05, 0.1) is 18.1 Å². The molecule has 0 radical (unpaired) electrons. The number of sulfone groups is 1. The van der Waals surface area contributed by atoms with Gasteiger partial charge in [0.2, 0.25) is 0 Å². The molecule has 0 bridgehead atoms. The Morgan fingerprint density at radius 2 is 2.07 bits per heavy atom. The molecule has 1 saturated heterocycles. The van der Waals surface area contributed by atoms with Gasteiger partial charge >= 0.3 is 0 Å². The molecule has 2 atom stereocenters. The molecule has 1 fully saturated rings. The van der Waals surface area contributed by atoms with Crippen molar-refractivity contribution < 1.29 is 22.3 Å². The van der Waals surface area contributed by atoms with Crippen molar-refractivity contribution in [2.45, 2.75) is 38.5 Å². The van der Waals surface area contributed by atoms with E-state index in [9.17, 15) is 17.6 Å². The van der Waals surface area contributed by atoms with Gasteiger partial charge in [0.15, 0.2) is 15.9 Å². The summed E-state index contributed by atoms with van der Waals surface area (Å²) in [4.78, 5) is 15.8. The number of benzene rings is 1. The van der Waals surface area contributed by atoms with Gasteiger partial charge in [-0.05, 0) is 48.6 Å². The van der Waals surface area contributed by atoms with Crippen molar-refractivity contribution in [1.82, 2.24) is 4.90 Å². The van der Waals surface area contributed by atoms with Crippen LogP contribution in [0.2, 0.25) is 0 Å². The van der Waals surface area contributed by atoms with Crippen molar-refractivity contribution in [2.24, 2.45) is 0 Å². The van der Waals surface area contributed by atoms with Gasteiger partial charge in [-0.3, -0.25) is 4.79 Å². The third-order valence-electron chi connectivity index (χ3n) is 4.58. The highest BCUT2D eigenvalue weighted by atomic mass is 32.2. The Kier molecular flexibility index (Phi) is 6.16. The van der Waals surface area contributed by atoms with E-state index in [2.05, 4.69) is 0 Å². The number of carbonyl (C=O) groups is 1. The first-order valence-electron chi connectivity index (χ1n) is 8.83. The van der Waals surface area contributed by atoms with Crippen molar-refractivity contribution in [3.8, 4) is 5.75 Å². The summed E-state index contributed by atoms with van der Waals surface area (Å²) in [5.74, 6) is -0.125. The van der Waals surface area contributed by atoms with Gasteiger partial charge in [-0.15, -0.1) is 11.3 Å². The molecule has 1 amide bonds. The van der Waals surface area contributed by atoms with E-state index in [1.807, 2.05) is 24.4 Å². The third kappa shape index (κ3) is 5.07. The molecular formula is C19H22FNO4S2. The first-order valence-corrected chi connectivity index (χ1v) is 11.5. The maximum absolute atomic E-state index is 13.2. The number of hydrogen-bond acceptors (Lipinski definition) is 5. The summed E-state index contributed by atoms with van der Waals surface area (Å²) in [6.45, 7) is 2.20. The maximum Gasteiger partial charge on any atom is 0.264 e. The minimum atomic E-state index is -3.12. The number of nitrogens with zero attached hydrogens (tertiary/aromatic N) is 1. The summed E-state index contributed by atoms with van der Waals surface area (Å²) in [5, 5.41) is 1.93. The van der Waals surface area contributed by atoms with Crippen LogP contribution >= 0.6 is 11.3 Å². The molecule has 0 saturated carbocycles. The van der Waals surface area contributed by atoms with E-state index in [0.29, 0.717) is 25.1 Å². The van der Waals surface area contributed by atoms with Gasteiger partial charge < -0.3 is 9.64 Å². The van der Waals surface area contributed by atoms with Crippen molar-refractivity contribution in [2.75, 3.05) is 11.5 Å². The predicted molar refractivity (Wildman–Crippen MR) is 103 cm³/mol. The molecular weight excluding hydrogens is 389 g/mol. The number of rotatable bonds is 7. The average Bonchev–Trinajstić information content (AvgIpc) is 3.27. The predicted octanol–water partition coefficient (Wildman–Crippen LogP) is 3.26. The minimum absolute atomic E-state index is 0.0168. The molecule has 0 aliphatic carbocycles. The van der Waals surface area contributed by atoms with Gasteiger partial charge in [-0.2, -0.15) is 0 Å². The van der Waals surface area contributed by atoms with Gasteiger partial charge in [-0.25, -0.2) is 12.8 Å². The van der Waals surface area contributed by atoms with Crippen LogP contribution in [0.1, 0.15) is 24.6 Å². The van der Waals surface area contributed by atoms with Crippen LogP contribution in [-0.4, -0.2) is 42.9 Å². The highest BCUT2D eigenvalue weighted by Crippen LogP contribution is 2.24. The Balaban J connectivity index is 1.80. The maximum atomic E-state index is 13.2. The molecule has 1 aliphatic heterocycles. The Bertz CT molecular complexity index is 866. The lowest BCUT2D eigenvalue weighted by atomic mass is 10.1. The van der Waals surface area contributed by atoms with E-state index in [0.717, 1.165) is 4.88 Å². The van der Waals surface area contributed by atoms with E-state index < -0.39 is 15.9 Å². The van der Waals surface area contributed by atoms with E-state index in [1.54, 1.807) is 4.90 Å². The van der Waals surface area contributed by atoms with Gasteiger partial charge in [0, 0.05) is 10.9 Å². The van der Waals surface area contributed by atoms with Crippen LogP contribution in [-0.2, 0) is 21.2 Å². The number of carbonyl (C=O) groups excluding carboxylic acids is 1. The average molecular weight is 412 g/mol. The summed E-state index contributed by atoms with van der Waals surface area (Å²) < 4.78 is 42.7. The second-order valence-corrected chi connectivity index (χ2v) is 9.83. The quantitative estimate of drug-likeness (QED) is 0.702. The molecule has 3 rings (SSSR count). The summed E-state index contributed by atoms with van der Waals surface area (Å²) in [7, 11) is -3.12. The molecule has 2 unspecified atom stereocenters. The smallest absolute Gasteiger partial charge is 0.264 e. The Hall–Kier alpha value is -1.93. The molecule has 27 heavy (non-hydrogen) atoms. The normalized spacial score (nSPS) is 19.6. The highest BCUT2D eigenvalue weighted by molar-refractivity contribution is 7.91. The van der Waals surface area contributed by atoms with E-state index in [-0.39, 0.29) is 29.3 Å². The van der Waals surface area contributed by atoms with Crippen LogP contribution < -0.4 is 4.74 Å². The van der Waals surface area contributed by atoms with Crippen LogP contribution in [0.15, 0.2) is 41.8 Å². The monoisotopic (exact) mass is 411 g/mol. The fourth-order valence-electron chi connectivity index (χ4n) is 3.15. The lowest BCUT2D eigenvalue weighted by molar-refractivity contribution is -0.141. The first kappa shape index (κ1) is 19.8. The minimum Gasteiger partial charge on any atom is -0.481 e. The second-order valence-electron chi connectivity index (χ2n) is 6.57. The molecule has 1 aromatic carbocycles. The summed E-state index contributed by atoms with van der Waals surface area (Å²) >= 11 is 1.53. The number of hydrogen-bond donors (Lipinski definition) is 0. The molecule has 2 aromatic rings. The zero-order chi connectivity index (χ0) is 19.4. The summed E-state index contributed by atoms with van der Waals surface area (Å²) in [6.07, 6.45) is 0.113. The lowest BCUT2D eigenvalue weighted by Gasteiger charge is -2.31. The molecule has 0 N–H and O–H groups in total. The number of thiophene rings is 1. The van der Waals surface area contributed by atoms with E-state index >= 15 is 0 Å². The Morgan fingerprint density at radius 1 is 1.33 bits per heavy atom. The second kappa shape index (κ2) is 8.39. The molecule has 2 heterocycles. The summed E-state index contributed by atoms with van der Waals surface area (Å²) in [6, 6.07) is 9.00. The fourth-order valence-corrected chi connectivity index (χ4v) is 5.58. The number of ether oxygens (including phenoxy) is 1. The highest BCUT2D eigenvalue weighted by Gasteiger charge is 2.37. The molecule has 8 heteroatoms. The van der Waals surface area contributed by atoms with Gasteiger partial charge in [-0.1, -0.05) is 13.0 Å². The molecule has 5 nitrogen and oxygen atoms in total. The Morgan fingerprint density at radius 3 is 2.63 bits per heavy atom. The molecule has 1 aliphatic rings. The van der Waals surface area contributed by atoms with E-state index in [4.69, 9.17) is 4.74 Å². The third-order valence-corrected chi connectivity index (χ3v) is 7.19. The largest absolute Gasteiger partial charge is 0.481 e. The van der Waals surface area contributed by atoms with Gasteiger partial charge in [0.25, 0.3) is 5.91 Å². The lowest BCUT2D eigenvalue weighted by Crippen LogP contribution is -2.47. The number of halogens is 1. The van der Waals surface area contributed by atoms with Crippen LogP contribution in [0.25, 0.3) is 0 Å². The van der Waals surface area contributed by atoms with Crippen molar-refractivity contribution >= 4 is 27.1 Å². The summed E-state index contributed by atoms with van der Waals surface area (Å²) in [5.41, 5.74) is 0. The van der Waals surface area contributed by atoms with Gasteiger partial charge in [0.1, 0.15) is 11.6 Å². The molecule has 1 aromatic heterocycles. The molecule has 146 valence electrons. The zero-order valence-electron chi connectivity index (χ0n) is 15.0. The SMILES string of the molecule is CCC(Oc1ccc(F)cc1)C(=O)N(Cc1cccs1)C1CCS(=O)(=O)C1. The zero-order valence-corrected chi connectivity index (χ0v) is 16.6. The van der Waals surface area contributed by atoms with Crippen LogP contribution in [0, 0.1) is 5.82 Å². The first-order chi connectivity index (χ1) is 12.9. The van der Waals surface area contributed by atoms with Crippen molar-refractivity contribution in [3.05, 3.63) is 52.5 Å². The van der Waals surface area contributed by atoms with Crippen molar-refractivity contribution in [3.63, 3.8) is 0 Å². The van der Waals surface area contributed by atoms with E-state index in [1.165, 1.54) is 35.6 Å². The fraction of sp³-hybridized carbons (Fsp3) is 0.421. The van der Waals surface area contributed by atoms with Crippen molar-refractivity contribution in [1.29, 1.82) is 0 Å². The Labute approximate surface area is 162 Å². The molecule has 0 spiro atoms. The standard InChI is InChI=1S/C19H22FNO4S2/c1-2-18(25-16-7-5-14(20)6-8-16)19(22)21(12-17-4-3-10-26-17)15-9-11-27(23,24)13-15/h3-8,10,15,18H,2,9,11-13H2,1H3. The van der Waals surface area contributed by atoms with Crippen LogP contribution in [0.4, 0.5) is 4.39 Å². The van der Waals surface area contributed by atoms with Crippen LogP contribution in [0.3, 0.4) is 0 Å².